The van der Waals surface area contributed by atoms with Gasteiger partial charge in [-0.2, -0.15) is 10.1 Å². The van der Waals surface area contributed by atoms with Gasteiger partial charge in [0.15, 0.2) is 17.3 Å². The van der Waals surface area contributed by atoms with Crippen molar-refractivity contribution < 1.29 is 23.7 Å². The quantitative estimate of drug-likeness (QED) is 0.765. The van der Waals surface area contributed by atoms with E-state index in [1.54, 1.807) is 18.7 Å². The molecule has 1 unspecified atom stereocenters. The van der Waals surface area contributed by atoms with Gasteiger partial charge in [-0.1, -0.05) is 6.07 Å². The summed E-state index contributed by atoms with van der Waals surface area (Å²) in [7, 11) is 1.59. The lowest BCUT2D eigenvalue weighted by molar-refractivity contribution is -0.139. The Hall–Kier alpha value is -3.07. The Kier molecular flexibility index (Phi) is 5.39. The summed E-state index contributed by atoms with van der Waals surface area (Å²) in [6.07, 6.45) is 0.818. The number of methoxy groups -OCH3 is 1. The summed E-state index contributed by atoms with van der Waals surface area (Å²) in [5.74, 6) is 2.01. The third kappa shape index (κ3) is 3.65. The predicted octanol–water partition coefficient (Wildman–Crippen LogP) is 2.44. The van der Waals surface area contributed by atoms with Crippen molar-refractivity contribution in [2.45, 2.75) is 32.9 Å². The van der Waals surface area contributed by atoms with E-state index >= 15 is 0 Å². The van der Waals surface area contributed by atoms with E-state index in [1.165, 1.54) is 0 Å². The van der Waals surface area contributed by atoms with Gasteiger partial charge in [0.05, 0.1) is 25.4 Å². The first kappa shape index (κ1) is 19.3. The van der Waals surface area contributed by atoms with Crippen LogP contribution in [-0.4, -0.2) is 47.7 Å². The van der Waals surface area contributed by atoms with Crippen LogP contribution in [0, 0.1) is 0 Å². The van der Waals surface area contributed by atoms with Gasteiger partial charge in [0, 0.05) is 19.2 Å². The molecule has 1 aromatic heterocycles. The van der Waals surface area contributed by atoms with Gasteiger partial charge in [0.2, 0.25) is 5.95 Å². The molecule has 1 N–H and O–H groups in total. The van der Waals surface area contributed by atoms with Crippen LogP contribution >= 0.6 is 0 Å². The molecule has 0 spiro atoms. The molecule has 9 heteroatoms. The molecule has 0 saturated heterocycles. The van der Waals surface area contributed by atoms with Crippen LogP contribution in [0.3, 0.4) is 0 Å². The Morgan fingerprint density at radius 1 is 1.31 bits per heavy atom. The maximum atomic E-state index is 12.8. The lowest BCUT2D eigenvalue weighted by atomic mass is 9.95. The second-order valence-electron chi connectivity index (χ2n) is 6.77. The molecule has 2 aliphatic rings. The van der Waals surface area contributed by atoms with Crippen molar-refractivity contribution in [2.75, 3.05) is 32.2 Å². The van der Waals surface area contributed by atoms with Crippen LogP contribution < -0.4 is 14.8 Å². The molecular formula is C20H24N4O5. The second kappa shape index (κ2) is 8.12. The fourth-order valence-electron chi connectivity index (χ4n) is 3.52. The van der Waals surface area contributed by atoms with Gasteiger partial charge >= 0.3 is 5.97 Å². The molecule has 9 nitrogen and oxygen atoms in total. The number of aromatic nitrogens is 3. The molecule has 29 heavy (non-hydrogen) atoms. The Morgan fingerprint density at radius 2 is 2.10 bits per heavy atom. The van der Waals surface area contributed by atoms with Crippen molar-refractivity contribution in [3.63, 3.8) is 0 Å². The van der Waals surface area contributed by atoms with Crippen molar-refractivity contribution in [3.05, 3.63) is 40.9 Å². The summed E-state index contributed by atoms with van der Waals surface area (Å²) in [5.41, 5.74) is 1.97. The Bertz CT molecular complexity index is 952. The monoisotopic (exact) mass is 400 g/mol. The van der Waals surface area contributed by atoms with Gasteiger partial charge in [-0.25, -0.2) is 9.48 Å². The highest BCUT2D eigenvalue weighted by molar-refractivity contribution is 5.92. The normalized spacial score (nSPS) is 18.0. The van der Waals surface area contributed by atoms with Crippen LogP contribution in [0.15, 0.2) is 29.5 Å². The van der Waals surface area contributed by atoms with Gasteiger partial charge < -0.3 is 24.3 Å². The average molecular weight is 400 g/mol. The molecule has 2 aromatic rings. The zero-order valence-electron chi connectivity index (χ0n) is 16.7. The molecule has 0 bridgehead atoms. The summed E-state index contributed by atoms with van der Waals surface area (Å²) in [6, 6.07) is 5.16. The molecule has 0 fully saturated rings. The number of hydrogen-bond donors (Lipinski definition) is 1. The molecule has 2 aliphatic heterocycles. The maximum Gasteiger partial charge on any atom is 0.338 e. The standard InChI is InChI=1S/C20H24N4O5/c1-4-27-19(25)17-12(2)21-20-22-16(11-26-3)23-24(20)18(17)13-6-7-14-15(10-13)29-9-5-8-28-14/h6-7,10,18H,4-5,8-9,11H2,1-3H3,(H,21,22,23). The molecule has 154 valence electrons. The highest BCUT2D eigenvalue weighted by atomic mass is 16.5. The molecule has 0 amide bonds. The Morgan fingerprint density at radius 3 is 2.86 bits per heavy atom. The number of nitrogens with zero attached hydrogens (tertiary/aromatic N) is 3. The number of hydrogen-bond acceptors (Lipinski definition) is 8. The number of esters is 1. The number of allylic oxidation sites excluding steroid dienone is 1. The Balaban J connectivity index is 1.82. The van der Waals surface area contributed by atoms with Gasteiger partial charge in [0.1, 0.15) is 12.6 Å². The van der Waals surface area contributed by atoms with E-state index in [2.05, 4.69) is 15.4 Å². The fraction of sp³-hybridized carbons (Fsp3) is 0.450. The largest absolute Gasteiger partial charge is 0.490 e. The van der Waals surface area contributed by atoms with E-state index in [0.29, 0.717) is 47.8 Å². The summed E-state index contributed by atoms with van der Waals surface area (Å²) in [4.78, 5) is 17.3. The van der Waals surface area contributed by atoms with Gasteiger partial charge in [-0.3, -0.25) is 0 Å². The van der Waals surface area contributed by atoms with E-state index in [9.17, 15) is 4.79 Å². The van der Waals surface area contributed by atoms with Crippen LogP contribution in [-0.2, 0) is 20.9 Å². The maximum absolute atomic E-state index is 12.8. The minimum absolute atomic E-state index is 0.267. The molecule has 0 radical (unpaired) electrons. The van der Waals surface area contributed by atoms with Crippen molar-refractivity contribution in [2.24, 2.45) is 0 Å². The first-order valence-electron chi connectivity index (χ1n) is 9.61. The van der Waals surface area contributed by atoms with E-state index in [1.807, 2.05) is 25.1 Å². The third-order valence-corrected chi connectivity index (χ3v) is 4.75. The third-order valence-electron chi connectivity index (χ3n) is 4.75. The molecular weight excluding hydrogens is 376 g/mol. The van der Waals surface area contributed by atoms with Crippen LogP contribution in [0.4, 0.5) is 5.95 Å². The highest BCUT2D eigenvalue weighted by Gasteiger charge is 2.35. The SMILES string of the molecule is CCOC(=O)C1=C(C)Nc2nc(COC)nn2C1c1ccc2c(c1)OCCCO2. The summed E-state index contributed by atoms with van der Waals surface area (Å²) in [6.45, 7) is 5.35. The van der Waals surface area contributed by atoms with E-state index < -0.39 is 12.0 Å². The van der Waals surface area contributed by atoms with Gasteiger partial charge in [-0.15, -0.1) is 0 Å². The summed E-state index contributed by atoms with van der Waals surface area (Å²) in [5, 5.41) is 7.72. The summed E-state index contributed by atoms with van der Waals surface area (Å²) >= 11 is 0. The number of fused-ring (bicyclic) bond motifs is 2. The van der Waals surface area contributed by atoms with Gasteiger partial charge in [-0.05, 0) is 31.5 Å². The number of rotatable bonds is 5. The number of nitrogens with one attached hydrogen (secondary N) is 1. The number of anilines is 1. The van der Waals surface area contributed by atoms with E-state index in [-0.39, 0.29) is 13.2 Å². The zero-order chi connectivity index (χ0) is 20.4. The van der Waals surface area contributed by atoms with Crippen molar-refractivity contribution in [1.82, 2.24) is 14.8 Å². The van der Waals surface area contributed by atoms with Crippen LogP contribution in [0.2, 0.25) is 0 Å². The zero-order valence-corrected chi connectivity index (χ0v) is 16.7. The van der Waals surface area contributed by atoms with Crippen molar-refractivity contribution in [1.29, 1.82) is 0 Å². The molecule has 3 heterocycles. The smallest absolute Gasteiger partial charge is 0.338 e. The topological polar surface area (TPSA) is 96.7 Å². The minimum Gasteiger partial charge on any atom is -0.490 e. The van der Waals surface area contributed by atoms with Crippen molar-refractivity contribution >= 4 is 11.9 Å². The number of benzene rings is 1. The molecule has 1 atom stereocenters. The number of carbonyl (C=O) groups is 1. The number of carbonyl (C=O) groups excluding carboxylic acids is 1. The number of ether oxygens (including phenoxy) is 4. The second-order valence-corrected chi connectivity index (χ2v) is 6.77. The molecule has 1 aromatic carbocycles. The van der Waals surface area contributed by atoms with Gasteiger partial charge in [0.25, 0.3) is 0 Å². The fourth-order valence-corrected chi connectivity index (χ4v) is 3.52. The predicted molar refractivity (Wildman–Crippen MR) is 104 cm³/mol. The molecule has 4 rings (SSSR count). The minimum atomic E-state index is -0.513. The average Bonchev–Trinajstić information content (AvgIpc) is 2.94. The van der Waals surface area contributed by atoms with Crippen LogP contribution in [0.5, 0.6) is 11.5 Å². The highest BCUT2D eigenvalue weighted by Crippen LogP contribution is 2.39. The first-order chi connectivity index (χ1) is 14.1. The van der Waals surface area contributed by atoms with Crippen molar-refractivity contribution in [3.8, 4) is 11.5 Å². The first-order valence-corrected chi connectivity index (χ1v) is 9.61. The van der Waals surface area contributed by atoms with E-state index in [0.717, 1.165) is 12.0 Å². The van der Waals surface area contributed by atoms with E-state index in [4.69, 9.17) is 18.9 Å². The molecule has 0 aliphatic carbocycles. The Labute approximate surface area is 168 Å². The molecule has 0 saturated carbocycles. The lowest BCUT2D eigenvalue weighted by Crippen LogP contribution is -2.29. The van der Waals surface area contributed by atoms with Crippen LogP contribution in [0.25, 0.3) is 0 Å². The summed E-state index contributed by atoms with van der Waals surface area (Å²) < 4.78 is 23.8. The van der Waals surface area contributed by atoms with Crippen LogP contribution in [0.1, 0.15) is 37.7 Å². The lowest BCUT2D eigenvalue weighted by Gasteiger charge is -2.28.